The summed E-state index contributed by atoms with van der Waals surface area (Å²) >= 11 is 11.5. The molecule has 1 atom stereocenters. The molecule has 1 amide bonds. The van der Waals surface area contributed by atoms with E-state index in [9.17, 15) is 9.18 Å². The Morgan fingerprint density at radius 3 is 2.55 bits per heavy atom. The molecule has 0 heterocycles. The second-order valence-corrected chi connectivity index (χ2v) is 5.91. The largest absolute Gasteiger partial charge is 0.345 e. The lowest BCUT2D eigenvalue weighted by molar-refractivity contribution is 0.0897. The number of hydrogen-bond donors (Lipinski definition) is 2. The van der Waals surface area contributed by atoms with E-state index in [1.54, 1.807) is 0 Å². The van der Waals surface area contributed by atoms with Gasteiger partial charge in [-0.1, -0.05) is 23.2 Å². The number of nitrogens with two attached hydrogens (primary N) is 1. The van der Waals surface area contributed by atoms with Crippen molar-refractivity contribution < 1.29 is 9.18 Å². The minimum atomic E-state index is -0.669. The number of hydrogen-bond acceptors (Lipinski definition) is 2. The maximum Gasteiger partial charge on any atom is 0.253 e. The summed E-state index contributed by atoms with van der Waals surface area (Å²) in [4.78, 5) is 12.2. The molecule has 1 aliphatic rings. The summed E-state index contributed by atoms with van der Waals surface area (Å²) in [5, 5.41) is 2.87. The fourth-order valence-electron chi connectivity index (χ4n) is 2.06. The summed E-state index contributed by atoms with van der Waals surface area (Å²) in [5.41, 5.74) is 5.32. The zero-order valence-electron chi connectivity index (χ0n) is 10.9. The molecule has 0 saturated heterocycles. The van der Waals surface area contributed by atoms with E-state index in [-0.39, 0.29) is 28.0 Å². The van der Waals surface area contributed by atoms with Gasteiger partial charge in [0.15, 0.2) is 0 Å². The van der Waals surface area contributed by atoms with E-state index < -0.39 is 17.3 Å². The van der Waals surface area contributed by atoms with Gasteiger partial charge in [0, 0.05) is 6.54 Å². The van der Waals surface area contributed by atoms with E-state index in [0.717, 1.165) is 18.9 Å². The van der Waals surface area contributed by atoms with Gasteiger partial charge >= 0.3 is 0 Å². The lowest BCUT2D eigenvalue weighted by atomic mass is 9.95. The van der Waals surface area contributed by atoms with Crippen molar-refractivity contribution in [3.63, 3.8) is 0 Å². The first-order valence-corrected chi connectivity index (χ1v) is 6.80. The van der Waals surface area contributed by atoms with Crippen LogP contribution in [0, 0.1) is 11.7 Å². The highest BCUT2D eigenvalue weighted by molar-refractivity contribution is 6.36. The molecule has 2 rings (SSSR count). The summed E-state index contributed by atoms with van der Waals surface area (Å²) < 4.78 is 13.4. The molecule has 0 bridgehead atoms. The lowest BCUT2D eigenvalue weighted by Crippen LogP contribution is -2.53. The maximum atomic E-state index is 13.4. The molecule has 1 unspecified atom stereocenters. The molecule has 0 aliphatic heterocycles. The molecule has 0 aromatic heterocycles. The Morgan fingerprint density at radius 1 is 1.45 bits per heavy atom. The Labute approximate surface area is 133 Å². The van der Waals surface area contributed by atoms with Crippen molar-refractivity contribution in [2.24, 2.45) is 11.7 Å². The van der Waals surface area contributed by atoms with Gasteiger partial charge in [0.1, 0.15) is 5.82 Å². The van der Waals surface area contributed by atoms with Gasteiger partial charge in [-0.2, -0.15) is 0 Å². The van der Waals surface area contributed by atoms with Gasteiger partial charge in [-0.25, -0.2) is 4.39 Å². The van der Waals surface area contributed by atoms with Crippen molar-refractivity contribution in [1.29, 1.82) is 0 Å². The van der Waals surface area contributed by atoms with Crippen molar-refractivity contribution >= 4 is 41.5 Å². The van der Waals surface area contributed by atoms with Crippen LogP contribution in [-0.4, -0.2) is 18.0 Å². The van der Waals surface area contributed by atoms with Crippen molar-refractivity contribution in [3.05, 3.63) is 33.6 Å². The Bertz CT molecular complexity index is 523. The van der Waals surface area contributed by atoms with Gasteiger partial charge in [-0.3, -0.25) is 4.79 Å². The quantitative estimate of drug-likeness (QED) is 0.825. The standard InChI is InChI=1S/C13H15Cl2FN2O.ClH/c1-13(6-17,7-2-3-7)18-12(19)8-4-11(16)10(15)5-9(8)14;/h4-5,7H,2-3,6,17H2,1H3,(H,18,19);1H. The van der Waals surface area contributed by atoms with Crippen LogP contribution in [0.15, 0.2) is 12.1 Å². The molecule has 1 fully saturated rings. The van der Waals surface area contributed by atoms with E-state index in [4.69, 9.17) is 28.9 Å². The van der Waals surface area contributed by atoms with Crippen LogP contribution in [0.4, 0.5) is 4.39 Å². The van der Waals surface area contributed by atoms with Crippen molar-refractivity contribution in [1.82, 2.24) is 5.32 Å². The van der Waals surface area contributed by atoms with E-state index in [2.05, 4.69) is 5.32 Å². The molecule has 0 spiro atoms. The topological polar surface area (TPSA) is 55.1 Å². The predicted octanol–water partition coefficient (Wildman–Crippen LogP) is 3.41. The monoisotopic (exact) mass is 340 g/mol. The number of carbonyl (C=O) groups excluding carboxylic acids is 1. The first kappa shape index (κ1) is 17.5. The number of benzene rings is 1. The summed E-state index contributed by atoms with van der Waals surface area (Å²) in [7, 11) is 0. The Balaban J connectivity index is 0.00000200. The third kappa shape index (κ3) is 3.55. The number of carbonyl (C=O) groups is 1. The average molecular weight is 342 g/mol. The van der Waals surface area contributed by atoms with Crippen molar-refractivity contribution in [3.8, 4) is 0 Å². The Morgan fingerprint density at radius 2 is 2.05 bits per heavy atom. The molecule has 7 heteroatoms. The first-order chi connectivity index (χ1) is 8.87. The molecule has 3 nitrogen and oxygen atoms in total. The van der Waals surface area contributed by atoms with Crippen LogP contribution in [0.2, 0.25) is 10.0 Å². The minimum absolute atomic E-state index is 0. The molecule has 1 aromatic carbocycles. The van der Waals surface area contributed by atoms with Gasteiger partial charge in [-0.15, -0.1) is 12.4 Å². The average Bonchev–Trinajstić information content (AvgIpc) is 3.17. The fourth-order valence-corrected chi connectivity index (χ4v) is 2.53. The fraction of sp³-hybridized carbons (Fsp3) is 0.462. The smallest absolute Gasteiger partial charge is 0.253 e. The number of halogens is 4. The van der Waals surface area contributed by atoms with Crippen LogP contribution in [0.1, 0.15) is 30.1 Å². The molecule has 1 aromatic rings. The predicted molar refractivity (Wildman–Crippen MR) is 81.3 cm³/mol. The molecule has 20 heavy (non-hydrogen) atoms. The molecule has 1 aliphatic carbocycles. The number of rotatable bonds is 4. The van der Waals surface area contributed by atoms with E-state index in [0.29, 0.717) is 12.5 Å². The number of amides is 1. The highest BCUT2D eigenvalue weighted by atomic mass is 35.5. The molecular formula is C13H16Cl3FN2O. The maximum absolute atomic E-state index is 13.4. The molecule has 112 valence electrons. The first-order valence-electron chi connectivity index (χ1n) is 6.04. The summed E-state index contributed by atoms with van der Waals surface area (Å²) in [6, 6.07) is 2.27. The van der Waals surface area contributed by atoms with E-state index in [1.807, 2.05) is 6.92 Å². The van der Waals surface area contributed by atoms with Crippen molar-refractivity contribution in [2.45, 2.75) is 25.3 Å². The summed E-state index contributed by atoms with van der Waals surface area (Å²) in [6.07, 6.45) is 2.08. The third-order valence-electron chi connectivity index (χ3n) is 3.56. The van der Waals surface area contributed by atoms with Crippen LogP contribution < -0.4 is 11.1 Å². The third-order valence-corrected chi connectivity index (χ3v) is 4.16. The zero-order chi connectivity index (χ0) is 14.2. The van der Waals surface area contributed by atoms with Gasteiger partial charge in [-0.05, 0) is 37.8 Å². The molecular weight excluding hydrogens is 326 g/mol. The van der Waals surface area contributed by atoms with Crippen LogP contribution in [-0.2, 0) is 0 Å². The van der Waals surface area contributed by atoms with Gasteiger partial charge < -0.3 is 11.1 Å². The summed E-state index contributed by atoms with van der Waals surface area (Å²) in [5.74, 6) is -0.727. The zero-order valence-corrected chi connectivity index (χ0v) is 13.2. The minimum Gasteiger partial charge on any atom is -0.345 e. The Hall–Kier alpha value is -0.550. The van der Waals surface area contributed by atoms with Crippen LogP contribution in [0.5, 0.6) is 0 Å². The van der Waals surface area contributed by atoms with Crippen LogP contribution in [0.3, 0.4) is 0 Å². The highest BCUT2D eigenvalue weighted by Gasteiger charge is 2.41. The van der Waals surface area contributed by atoms with E-state index in [1.165, 1.54) is 6.07 Å². The van der Waals surface area contributed by atoms with Gasteiger partial charge in [0.2, 0.25) is 0 Å². The summed E-state index contributed by atoms with van der Waals surface area (Å²) in [6.45, 7) is 2.22. The molecule has 3 N–H and O–H groups in total. The van der Waals surface area contributed by atoms with E-state index >= 15 is 0 Å². The van der Waals surface area contributed by atoms with Gasteiger partial charge in [0.05, 0.1) is 21.1 Å². The molecule has 1 saturated carbocycles. The SMILES string of the molecule is CC(CN)(NC(=O)c1cc(F)c(Cl)cc1Cl)C1CC1.Cl. The second-order valence-electron chi connectivity index (χ2n) is 5.10. The lowest BCUT2D eigenvalue weighted by Gasteiger charge is -2.29. The van der Waals surface area contributed by atoms with Crippen LogP contribution in [0.25, 0.3) is 0 Å². The van der Waals surface area contributed by atoms with Crippen molar-refractivity contribution in [2.75, 3.05) is 6.54 Å². The molecule has 0 radical (unpaired) electrons. The highest BCUT2D eigenvalue weighted by Crippen LogP contribution is 2.39. The second kappa shape index (κ2) is 6.48. The number of nitrogens with one attached hydrogen (secondary N) is 1. The Kier molecular flexibility index (Phi) is 5.67. The van der Waals surface area contributed by atoms with Crippen LogP contribution >= 0.6 is 35.6 Å². The van der Waals surface area contributed by atoms with Gasteiger partial charge in [0.25, 0.3) is 5.91 Å². The normalized spacial score (nSPS) is 17.1.